The zero-order valence-corrected chi connectivity index (χ0v) is 13.1. The van der Waals surface area contributed by atoms with E-state index in [1.165, 1.54) is 18.2 Å². The first kappa shape index (κ1) is 16.8. The molecular formula is C13H18ClNO4S. The molecule has 0 radical (unpaired) electrons. The number of hydrogen-bond acceptors (Lipinski definition) is 4. The summed E-state index contributed by atoms with van der Waals surface area (Å²) in [7, 11) is 1.52. The van der Waals surface area contributed by atoms with Crippen molar-refractivity contribution in [3.05, 3.63) is 23.8 Å². The maximum Gasteiger partial charge on any atom is 0.261 e. The van der Waals surface area contributed by atoms with Crippen molar-refractivity contribution < 1.29 is 17.9 Å². The van der Waals surface area contributed by atoms with Crippen LogP contribution in [0.15, 0.2) is 23.1 Å². The molecule has 0 fully saturated rings. The topological polar surface area (TPSA) is 72.5 Å². The zero-order valence-electron chi connectivity index (χ0n) is 11.5. The molecule has 0 saturated heterocycles. The molecule has 0 bridgehead atoms. The average molecular weight is 320 g/mol. The van der Waals surface area contributed by atoms with Gasteiger partial charge in [0.2, 0.25) is 0 Å². The second kappa shape index (κ2) is 7.50. The summed E-state index contributed by atoms with van der Waals surface area (Å²) >= 11 is 0. The summed E-state index contributed by atoms with van der Waals surface area (Å²) in [5.74, 6) is 0.224. The van der Waals surface area contributed by atoms with E-state index in [4.69, 9.17) is 15.4 Å². The Morgan fingerprint density at radius 2 is 2.10 bits per heavy atom. The number of benzene rings is 1. The van der Waals surface area contributed by atoms with Crippen molar-refractivity contribution in [2.24, 2.45) is 0 Å². The van der Waals surface area contributed by atoms with Crippen LogP contribution in [0.2, 0.25) is 0 Å². The Hall–Kier alpha value is -1.27. The molecule has 0 atom stereocenters. The summed E-state index contributed by atoms with van der Waals surface area (Å²) in [4.78, 5) is 11.5. The smallest absolute Gasteiger partial charge is 0.261 e. The Morgan fingerprint density at radius 3 is 2.65 bits per heavy atom. The molecule has 5 nitrogen and oxygen atoms in total. The molecule has 0 unspecified atom stereocenters. The monoisotopic (exact) mass is 319 g/mol. The summed E-state index contributed by atoms with van der Waals surface area (Å²) in [6.45, 7) is 4.18. The number of ether oxygens (including phenoxy) is 1. The van der Waals surface area contributed by atoms with E-state index in [0.29, 0.717) is 17.9 Å². The first-order chi connectivity index (χ1) is 9.34. The molecule has 0 heterocycles. The van der Waals surface area contributed by atoms with Gasteiger partial charge in [0.25, 0.3) is 15.0 Å². The number of unbranched alkanes of at least 4 members (excludes halogenated alkanes) is 1. The fourth-order valence-corrected chi connectivity index (χ4v) is 2.78. The summed E-state index contributed by atoms with van der Waals surface area (Å²) in [6, 6.07) is 4.37. The summed E-state index contributed by atoms with van der Waals surface area (Å²) in [5.41, 5.74) is 0.476. The normalized spacial score (nSPS) is 11.2. The number of rotatable bonds is 7. The summed E-state index contributed by atoms with van der Waals surface area (Å²) in [6.07, 6.45) is 1.93. The van der Waals surface area contributed by atoms with Crippen LogP contribution in [0.1, 0.15) is 25.3 Å². The van der Waals surface area contributed by atoms with Gasteiger partial charge in [0.15, 0.2) is 6.61 Å². The molecule has 112 valence electrons. The molecule has 0 spiro atoms. The number of carbonyl (C=O) groups is 1. The van der Waals surface area contributed by atoms with Crippen molar-refractivity contribution in [3.8, 4) is 5.75 Å². The van der Waals surface area contributed by atoms with Gasteiger partial charge in [-0.05, 0) is 37.1 Å². The quantitative estimate of drug-likeness (QED) is 0.618. The first-order valence-corrected chi connectivity index (χ1v) is 8.60. The summed E-state index contributed by atoms with van der Waals surface area (Å²) < 4.78 is 27.8. The molecule has 1 aromatic carbocycles. The minimum atomic E-state index is -3.76. The molecule has 1 amide bonds. The lowest BCUT2D eigenvalue weighted by atomic mass is 10.2. The summed E-state index contributed by atoms with van der Waals surface area (Å²) in [5, 5.41) is 2.72. The van der Waals surface area contributed by atoms with Crippen molar-refractivity contribution in [2.45, 2.75) is 31.6 Å². The van der Waals surface area contributed by atoms with E-state index in [2.05, 4.69) is 5.32 Å². The third kappa shape index (κ3) is 5.38. The number of aryl methyl sites for hydroxylation is 1. The lowest BCUT2D eigenvalue weighted by molar-refractivity contribution is -0.123. The van der Waals surface area contributed by atoms with Crippen LogP contribution in [-0.2, 0) is 13.8 Å². The molecule has 1 rings (SSSR count). The van der Waals surface area contributed by atoms with Gasteiger partial charge in [0, 0.05) is 17.2 Å². The van der Waals surface area contributed by atoms with Gasteiger partial charge in [-0.2, -0.15) is 0 Å². The van der Waals surface area contributed by atoms with Gasteiger partial charge in [-0.3, -0.25) is 4.79 Å². The molecule has 0 aliphatic heterocycles. The van der Waals surface area contributed by atoms with E-state index in [1.54, 1.807) is 6.92 Å². The van der Waals surface area contributed by atoms with Crippen LogP contribution in [-0.4, -0.2) is 27.5 Å². The van der Waals surface area contributed by atoms with Crippen LogP contribution in [0, 0.1) is 6.92 Å². The van der Waals surface area contributed by atoms with Crippen molar-refractivity contribution in [1.82, 2.24) is 5.32 Å². The molecule has 20 heavy (non-hydrogen) atoms. The Labute approximate surface area is 123 Å². The van der Waals surface area contributed by atoms with Gasteiger partial charge in [-0.15, -0.1) is 0 Å². The highest BCUT2D eigenvalue weighted by Gasteiger charge is 2.14. The molecular weight excluding hydrogens is 302 g/mol. The highest BCUT2D eigenvalue weighted by Crippen LogP contribution is 2.23. The van der Waals surface area contributed by atoms with E-state index >= 15 is 0 Å². The maximum absolute atomic E-state index is 11.4. The minimum Gasteiger partial charge on any atom is -0.484 e. The Kier molecular flexibility index (Phi) is 6.29. The van der Waals surface area contributed by atoms with Crippen LogP contribution in [0.4, 0.5) is 0 Å². The number of halogens is 1. The molecule has 0 aliphatic rings. The largest absolute Gasteiger partial charge is 0.484 e. The zero-order chi connectivity index (χ0) is 15.2. The fourth-order valence-electron chi connectivity index (χ4n) is 1.59. The molecule has 0 saturated carbocycles. The molecule has 1 N–H and O–H groups in total. The van der Waals surface area contributed by atoms with E-state index in [0.717, 1.165) is 12.8 Å². The molecule has 0 aromatic heterocycles. The Balaban J connectivity index is 2.58. The standard InChI is InChI=1S/C13H18ClNO4S/c1-3-4-7-15-13(16)9-19-11-5-6-12(10(2)8-11)20(14,17)18/h5-6,8H,3-4,7,9H2,1-2H3,(H,15,16). The van der Waals surface area contributed by atoms with Crippen LogP contribution in [0.3, 0.4) is 0 Å². The lowest BCUT2D eigenvalue weighted by Gasteiger charge is -2.09. The lowest BCUT2D eigenvalue weighted by Crippen LogP contribution is -2.29. The van der Waals surface area contributed by atoms with Gasteiger partial charge in [-0.1, -0.05) is 13.3 Å². The predicted octanol–water partition coefficient (Wildman–Crippen LogP) is 2.22. The van der Waals surface area contributed by atoms with E-state index in [1.807, 2.05) is 6.92 Å². The average Bonchev–Trinajstić information content (AvgIpc) is 2.35. The molecule has 1 aromatic rings. The Bertz CT molecular complexity index is 572. The SMILES string of the molecule is CCCCNC(=O)COc1ccc(S(=O)(=O)Cl)c(C)c1. The van der Waals surface area contributed by atoms with Crippen molar-refractivity contribution in [3.63, 3.8) is 0 Å². The van der Waals surface area contributed by atoms with Gasteiger partial charge in [0.05, 0.1) is 4.90 Å². The van der Waals surface area contributed by atoms with Crippen LogP contribution >= 0.6 is 10.7 Å². The first-order valence-electron chi connectivity index (χ1n) is 6.29. The third-order valence-electron chi connectivity index (χ3n) is 2.63. The fraction of sp³-hybridized carbons (Fsp3) is 0.462. The van der Waals surface area contributed by atoms with Crippen molar-refractivity contribution in [1.29, 1.82) is 0 Å². The van der Waals surface area contributed by atoms with E-state index in [-0.39, 0.29) is 17.4 Å². The van der Waals surface area contributed by atoms with Crippen LogP contribution in [0.5, 0.6) is 5.75 Å². The second-order valence-electron chi connectivity index (χ2n) is 4.36. The van der Waals surface area contributed by atoms with Crippen LogP contribution < -0.4 is 10.1 Å². The second-order valence-corrected chi connectivity index (χ2v) is 6.89. The van der Waals surface area contributed by atoms with Crippen molar-refractivity contribution >= 4 is 25.6 Å². The predicted molar refractivity (Wildman–Crippen MR) is 77.6 cm³/mol. The number of hydrogen-bond donors (Lipinski definition) is 1. The van der Waals surface area contributed by atoms with Crippen molar-refractivity contribution in [2.75, 3.05) is 13.2 Å². The molecule has 0 aliphatic carbocycles. The number of amides is 1. The third-order valence-corrected chi connectivity index (χ3v) is 4.11. The van der Waals surface area contributed by atoms with Gasteiger partial charge in [-0.25, -0.2) is 8.42 Å². The number of carbonyl (C=O) groups excluding carboxylic acids is 1. The van der Waals surface area contributed by atoms with Gasteiger partial charge < -0.3 is 10.1 Å². The highest BCUT2D eigenvalue weighted by atomic mass is 35.7. The van der Waals surface area contributed by atoms with Crippen LogP contribution in [0.25, 0.3) is 0 Å². The minimum absolute atomic E-state index is 0.0407. The van der Waals surface area contributed by atoms with Gasteiger partial charge >= 0.3 is 0 Å². The maximum atomic E-state index is 11.4. The van der Waals surface area contributed by atoms with Gasteiger partial charge in [0.1, 0.15) is 5.75 Å². The Morgan fingerprint density at radius 1 is 1.40 bits per heavy atom. The highest BCUT2D eigenvalue weighted by molar-refractivity contribution is 8.13. The molecule has 7 heteroatoms. The number of nitrogens with one attached hydrogen (secondary N) is 1. The van der Waals surface area contributed by atoms with E-state index < -0.39 is 9.05 Å². The van der Waals surface area contributed by atoms with E-state index in [9.17, 15) is 13.2 Å².